The standard InChI is InChI=1S/C12H19F3N2O2/c1-9(12(13,14)15)17(2)8-11(10(18)19-3)4-6-16-7-5-11/h16H,1,4-8H2,2-3H3. The van der Waals surface area contributed by atoms with Crippen LogP contribution in [0.2, 0.25) is 0 Å². The van der Waals surface area contributed by atoms with Crippen molar-refractivity contribution in [2.24, 2.45) is 5.41 Å². The van der Waals surface area contributed by atoms with E-state index in [0.29, 0.717) is 25.9 Å². The van der Waals surface area contributed by atoms with Crippen LogP contribution >= 0.6 is 0 Å². The normalized spacial score (nSPS) is 18.8. The van der Waals surface area contributed by atoms with Gasteiger partial charge in [-0.25, -0.2) is 0 Å². The van der Waals surface area contributed by atoms with Gasteiger partial charge in [-0.05, 0) is 25.9 Å². The van der Waals surface area contributed by atoms with Gasteiger partial charge in [0.15, 0.2) is 0 Å². The van der Waals surface area contributed by atoms with Gasteiger partial charge in [0.1, 0.15) is 5.70 Å². The molecule has 0 spiro atoms. The van der Waals surface area contributed by atoms with E-state index in [1.54, 1.807) is 0 Å². The van der Waals surface area contributed by atoms with Crippen LogP contribution in [0.4, 0.5) is 13.2 Å². The molecule has 1 rings (SSSR count). The topological polar surface area (TPSA) is 41.6 Å². The molecule has 0 atom stereocenters. The molecular formula is C12H19F3N2O2. The third-order valence-corrected chi connectivity index (χ3v) is 3.51. The summed E-state index contributed by atoms with van der Waals surface area (Å²) in [7, 11) is 2.55. The largest absolute Gasteiger partial charge is 0.469 e. The van der Waals surface area contributed by atoms with E-state index in [9.17, 15) is 18.0 Å². The second-order valence-corrected chi connectivity index (χ2v) is 4.82. The lowest BCUT2D eigenvalue weighted by atomic mass is 9.78. The highest BCUT2D eigenvalue weighted by Gasteiger charge is 2.44. The van der Waals surface area contributed by atoms with Crippen molar-refractivity contribution in [3.05, 3.63) is 12.3 Å². The number of hydrogen-bond donors (Lipinski definition) is 1. The van der Waals surface area contributed by atoms with Crippen LogP contribution in [0.3, 0.4) is 0 Å². The Bertz CT molecular complexity index is 349. The van der Waals surface area contributed by atoms with Crippen molar-refractivity contribution in [1.29, 1.82) is 0 Å². The molecule has 0 saturated carbocycles. The Morgan fingerprint density at radius 3 is 2.37 bits per heavy atom. The summed E-state index contributed by atoms with van der Waals surface area (Å²) in [6.07, 6.45) is -3.58. The summed E-state index contributed by atoms with van der Waals surface area (Å²) in [4.78, 5) is 12.9. The molecule has 0 aromatic heterocycles. The van der Waals surface area contributed by atoms with E-state index in [-0.39, 0.29) is 6.54 Å². The fourth-order valence-electron chi connectivity index (χ4n) is 2.31. The molecule has 0 unspecified atom stereocenters. The molecule has 1 aliphatic rings. The third kappa shape index (κ3) is 3.62. The smallest absolute Gasteiger partial charge is 0.430 e. The van der Waals surface area contributed by atoms with Gasteiger partial charge in [0.25, 0.3) is 0 Å². The minimum absolute atomic E-state index is 0.0420. The van der Waals surface area contributed by atoms with Gasteiger partial charge in [-0.2, -0.15) is 13.2 Å². The zero-order valence-electron chi connectivity index (χ0n) is 11.1. The lowest BCUT2D eigenvalue weighted by Gasteiger charge is -2.39. The van der Waals surface area contributed by atoms with Crippen molar-refractivity contribution in [2.75, 3.05) is 33.8 Å². The van der Waals surface area contributed by atoms with Crippen molar-refractivity contribution in [2.45, 2.75) is 19.0 Å². The number of nitrogens with zero attached hydrogens (tertiary/aromatic N) is 1. The first-order valence-corrected chi connectivity index (χ1v) is 5.99. The predicted molar refractivity (Wildman–Crippen MR) is 64.4 cm³/mol. The number of carbonyl (C=O) groups excluding carboxylic acids is 1. The van der Waals surface area contributed by atoms with Gasteiger partial charge in [0, 0.05) is 13.6 Å². The molecule has 1 aliphatic heterocycles. The fraction of sp³-hybridized carbons (Fsp3) is 0.750. The summed E-state index contributed by atoms with van der Waals surface area (Å²) in [5.41, 5.74) is -1.85. The van der Waals surface area contributed by atoms with Crippen LogP contribution in [0.1, 0.15) is 12.8 Å². The number of esters is 1. The van der Waals surface area contributed by atoms with Gasteiger partial charge < -0.3 is 15.0 Å². The number of nitrogens with one attached hydrogen (secondary N) is 1. The van der Waals surface area contributed by atoms with E-state index in [0.717, 1.165) is 4.90 Å². The molecule has 4 nitrogen and oxygen atoms in total. The molecule has 1 fully saturated rings. The first-order chi connectivity index (χ1) is 8.73. The minimum atomic E-state index is -4.49. The Morgan fingerprint density at radius 1 is 1.42 bits per heavy atom. The number of ether oxygens (including phenoxy) is 1. The zero-order chi connectivity index (χ0) is 14.7. The SMILES string of the molecule is C=C(N(C)CC1(C(=O)OC)CCNCC1)C(F)(F)F. The second-order valence-electron chi connectivity index (χ2n) is 4.82. The molecule has 0 aliphatic carbocycles. The molecule has 7 heteroatoms. The second kappa shape index (κ2) is 5.81. The number of alkyl halides is 3. The molecule has 0 aromatic rings. The Hall–Kier alpha value is -1.24. The predicted octanol–water partition coefficient (Wildman–Crippen LogP) is 1.54. The highest BCUT2D eigenvalue weighted by molar-refractivity contribution is 5.77. The lowest BCUT2D eigenvalue weighted by Crippen LogP contribution is -2.49. The van der Waals surface area contributed by atoms with Crippen LogP contribution in [-0.2, 0) is 9.53 Å². The average Bonchev–Trinajstić information content (AvgIpc) is 2.36. The Balaban J connectivity index is 2.84. The van der Waals surface area contributed by atoms with Crippen LogP contribution in [-0.4, -0.2) is 50.8 Å². The van der Waals surface area contributed by atoms with Gasteiger partial charge in [-0.3, -0.25) is 4.79 Å². The van der Waals surface area contributed by atoms with Crippen molar-refractivity contribution in [3.8, 4) is 0 Å². The first kappa shape index (κ1) is 15.8. The highest BCUT2D eigenvalue weighted by Crippen LogP contribution is 2.34. The zero-order valence-corrected chi connectivity index (χ0v) is 11.1. The number of methoxy groups -OCH3 is 1. The molecule has 0 bridgehead atoms. The molecule has 0 aromatic carbocycles. The quantitative estimate of drug-likeness (QED) is 0.793. The summed E-state index contributed by atoms with van der Waals surface area (Å²) in [6, 6.07) is 0. The average molecular weight is 280 g/mol. The monoisotopic (exact) mass is 280 g/mol. The van der Waals surface area contributed by atoms with E-state index >= 15 is 0 Å². The third-order valence-electron chi connectivity index (χ3n) is 3.51. The maximum absolute atomic E-state index is 12.6. The number of halogens is 3. The molecule has 1 N–H and O–H groups in total. The minimum Gasteiger partial charge on any atom is -0.469 e. The Morgan fingerprint density at radius 2 is 1.95 bits per heavy atom. The van der Waals surface area contributed by atoms with Gasteiger partial charge in [-0.1, -0.05) is 6.58 Å². The van der Waals surface area contributed by atoms with Gasteiger partial charge >= 0.3 is 12.1 Å². The van der Waals surface area contributed by atoms with Crippen LogP contribution < -0.4 is 5.32 Å². The Labute approximate surface area is 110 Å². The van der Waals surface area contributed by atoms with Crippen molar-refractivity contribution < 1.29 is 22.7 Å². The first-order valence-electron chi connectivity index (χ1n) is 5.99. The Kier molecular flexibility index (Phi) is 4.84. The van der Waals surface area contributed by atoms with E-state index < -0.39 is 23.3 Å². The number of hydrogen-bond acceptors (Lipinski definition) is 4. The van der Waals surface area contributed by atoms with Crippen LogP contribution in [0.5, 0.6) is 0 Å². The lowest BCUT2D eigenvalue weighted by molar-refractivity contribution is -0.157. The van der Waals surface area contributed by atoms with Crippen molar-refractivity contribution >= 4 is 5.97 Å². The molecule has 110 valence electrons. The summed E-state index contributed by atoms with van der Waals surface area (Å²) < 4.78 is 42.5. The van der Waals surface area contributed by atoms with Crippen molar-refractivity contribution in [3.63, 3.8) is 0 Å². The summed E-state index contributed by atoms with van der Waals surface area (Å²) in [6.45, 7) is 4.17. The highest BCUT2D eigenvalue weighted by atomic mass is 19.4. The van der Waals surface area contributed by atoms with Crippen LogP contribution in [0, 0.1) is 5.41 Å². The number of rotatable bonds is 4. The molecule has 1 heterocycles. The van der Waals surface area contributed by atoms with E-state index in [2.05, 4.69) is 11.9 Å². The van der Waals surface area contributed by atoms with E-state index in [4.69, 9.17) is 4.74 Å². The molecule has 1 saturated heterocycles. The number of carbonyl (C=O) groups is 1. The maximum atomic E-state index is 12.6. The van der Waals surface area contributed by atoms with E-state index in [1.807, 2.05) is 0 Å². The van der Waals surface area contributed by atoms with Gasteiger partial charge in [0.05, 0.1) is 12.5 Å². The van der Waals surface area contributed by atoms with Gasteiger partial charge in [0.2, 0.25) is 0 Å². The summed E-state index contributed by atoms with van der Waals surface area (Å²) in [5.74, 6) is -0.462. The molecule has 0 amide bonds. The fourth-order valence-corrected chi connectivity index (χ4v) is 2.31. The maximum Gasteiger partial charge on any atom is 0.430 e. The molecule has 19 heavy (non-hydrogen) atoms. The van der Waals surface area contributed by atoms with Crippen LogP contribution in [0.15, 0.2) is 12.3 Å². The molecule has 0 radical (unpaired) electrons. The number of allylic oxidation sites excluding steroid dienone is 1. The van der Waals surface area contributed by atoms with Crippen molar-refractivity contribution in [1.82, 2.24) is 10.2 Å². The summed E-state index contributed by atoms with van der Waals surface area (Å²) >= 11 is 0. The molecular weight excluding hydrogens is 261 g/mol. The van der Waals surface area contributed by atoms with Crippen LogP contribution in [0.25, 0.3) is 0 Å². The number of piperidine rings is 1. The summed E-state index contributed by atoms with van der Waals surface area (Å²) in [5, 5.41) is 3.08. The van der Waals surface area contributed by atoms with Gasteiger partial charge in [-0.15, -0.1) is 0 Å². The van der Waals surface area contributed by atoms with E-state index in [1.165, 1.54) is 14.2 Å².